The number of piperazine rings is 1. The molecule has 6 heteroatoms. The summed E-state index contributed by atoms with van der Waals surface area (Å²) in [5.74, 6) is -0.0719. The van der Waals surface area contributed by atoms with Crippen LogP contribution in [0.4, 0.5) is 10.8 Å². The van der Waals surface area contributed by atoms with Gasteiger partial charge in [-0.15, -0.1) is 11.3 Å². The van der Waals surface area contributed by atoms with E-state index in [2.05, 4.69) is 50.4 Å². The molecule has 0 saturated carbocycles. The fourth-order valence-corrected chi connectivity index (χ4v) is 3.37. The van der Waals surface area contributed by atoms with E-state index in [-0.39, 0.29) is 5.91 Å². The van der Waals surface area contributed by atoms with Crippen molar-refractivity contribution < 1.29 is 4.79 Å². The molecule has 5 nitrogen and oxygen atoms in total. The van der Waals surface area contributed by atoms with Crippen LogP contribution in [0.1, 0.15) is 12.6 Å². The molecule has 0 radical (unpaired) electrons. The minimum absolute atomic E-state index is 0.0719. The fraction of sp³-hybridized carbons (Fsp3) is 0.375. The summed E-state index contributed by atoms with van der Waals surface area (Å²) < 4.78 is 0. The Morgan fingerprint density at radius 1 is 1.23 bits per heavy atom. The molecule has 0 unspecified atom stereocenters. The number of nitrogens with one attached hydrogen (secondary N) is 1. The van der Waals surface area contributed by atoms with Crippen molar-refractivity contribution in [3.8, 4) is 0 Å². The van der Waals surface area contributed by atoms with Crippen molar-refractivity contribution in [2.75, 3.05) is 36.4 Å². The number of aromatic nitrogens is 1. The van der Waals surface area contributed by atoms with Gasteiger partial charge in [0.15, 0.2) is 5.13 Å². The number of anilines is 2. The Morgan fingerprint density at radius 2 is 1.95 bits per heavy atom. The molecule has 22 heavy (non-hydrogen) atoms. The SMILES string of the molecule is CC(=O)Nc1nc(CN2CCN(c3ccccc3)CC2)cs1. The van der Waals surface area contributed by atoms with E-state index in [4.69, 9.17) is 0 Å². The van der Waals surface area contributed by atoms with Gasteiger partial charge < -0.3 is 10.2 Å². The Bertz CT molecular complexity index is 620. The molecule has 0 spiro atoms. The molecule has 3 rings (SSSR count). The number of rotatable bonds is 4. The van der Waals surface area contributed by atoms with Crippen LogP contribution in [0, 0.1) is 0 Å². The zero-order valence-corrected chi connectivity index (χ0v) is 13.5. The number of amides is 1. The highest BCUT2D eigenvalue weighted by molar-refractivity contribution is 7.13. The van der Waals surface area contributed by atoms with Crippen LogP contribution in [-0.2, 0) is 11.3 Å². The molecule has 1 amide bonds. The molecule has 2 heterocycles. The lowest BCUT2D eigenvalue weighted by Gasteiger charge is -2.35. The minimum atomic E-state index is -0.0719. The smallest absolute Gasteiger partial charge is 0.223 e. The maximum Gasteiger partial charge on any atom is 0.223 e. The highest BCUT2D eigenvalue weighted by Gasteiger charge is 2.18. The van der Waals surface area contributed by atoms with Gasteiger partial charge in [0.2, 0.25) is 5.91 Å². The van der Waals surface area contributed by atoms with E-state index in [1.807, 2.05) is 5.38 Å². The Labute approximate surface area is 134 Å². The number of nitrogens with zero attached hydrogens (tertiary/aromatic N) is 3. The average Bonchev–Trinajstić information content (AvgIpc) is 2.95. The summed E-state index contributed by atoms with van der Waals surface area (Å²) in [5, 5.41) is 5.44. The van der Waals surface area contributed by atoms with Crippen LogP contribution in [-0.4, -0.2) is 42.0 Å². The highest BCUT2D eigenvalue weighted by atomic mass is 32.1. The van der Waals surface area contributed by atoms with Gasteiger partial charge in [0.05, 0.1) is 5.69 Å². The molecule has 116 valence electrons. The standard InChI is InChI=1S/C16H20N4OS/c1-13(21)17-16-18-14(12-22-16)11-19-7-9-20(10-8-19)15-5-3-2-4-6-15/h2-6,12H,7-11H2,1H3,(H,17,18,21). The quantitative estimate of drug-likeness (QED) is 0.941. The summed E-state index contributed by atoms with van der Waals surface area (Å²) in [6.45, 7) is 6.48. The lowest BCUT2D eigenvalue weighted by atomic mass is 10.2. The molecule has 0 atom stereocenters. The maximum absolute atomic E-state index is 11.0. The van der Waals surface area contributed by atoms with Crippen LogP contribution in [0.25, 0.3) is 0 Å². The molecule has 1 saturated heterocycles. The molecule has 0 bridgehead atoms. The second-order valence-corrected chi connectivity index (χ2v) is 6.28. The van der Waals surface area contributed by atoms with Gasteiger partial charge in [-0.05, 0) is 12.1 Å². The van der Waals surface area contributed by atoms with Crippen LogP contribution in [0.2, 0.25) is 0 Å². The lowest BCUT2D eigenvalue weighted by Crippen LogP contribution is -2.46. The largest absolute Gasteiger partial charge is 0.369 e. The molecule has 1 fully saturated rings. The molecule has 0 aliphatic carbocycles. The van der Waals surface area contributed by atoms with Crippen LogP contribution in [0.15, 0.2) is 35.7 Å². The second-order valence-electron chi connectivity index (χ2n) is 5.42. The van der Waals surface area contributed by atoms with Crippen molar-refractivity contribution in [1.29, 1.82) is 0 Å². The van der Waals surface area contributed by atoms with E-state index < -0.39 is 0 Å². The zero-order chi connectivity index (χ0) is 15.4. The van der Waals surface area contributed by atoms with Crippen molar-refractivity contribution in [2.24, 2.45) is 0 Å². The molecular weight excluding hydrogens is 296 g/mol. The number of carbonyl (C=O) groups is 1. The number of thiazole rings is 1. The zero-order valence-electron chi connectivity index (χ0n) is 12.7. The van der Waals surface area contributed by atoms with Crippen molar-refractivity contribution in [3.63, 3.8) is 0 Å². The topological polar surface area (TPSA) is 48.5 Å². The van der Waals surface area contributed by atoms with Crippen molar-refractivity contribution in [1.82, 2.24) is 9.88 Å². The van der Waals surface area contributed by atoms with E-state index in [9.17, 15) is 4.79 Å². The number of hydrogen-bond acceptors (Lipinski definition) is 5. The van der Waals surface area contributed by atoms with Gasteiger partial charge in [0, 0.05) is 50.7 Å². The van der Waals surface area contributed by atoms with E-state index in [1.165, 1.54) is 23.9 Å². The van der Waals surface area contributed by atoms with E-state index in [0.717, 1.165) is 38.4 Å². The first-order valence-electron chi connectivity index (χ1n) is 7.45. The predicted molar refractivity (Wildman–Crippen MR) is 90.3 cm³/mol. The minimum Gasteiger partial charge on any atom is -0.369 e. The third-order valence-corrected chi connectivity index (χ3v) is 4.52. The van der Waals surface area contributed by atoms with Crippen LogP contribution >= 0.6 is 11.3 Å². The number of para-hydroxylation sites is 1. The molecule has 1 aliphatic rings. The van der Waals surface area contributed by atoms with Gasteiger partial charge >= 0.3 is 0 Å². The summed E-state index contributed by atoms with van der Waals surface area (Å²) >= 11 is 1.48. The summed E-state index contributed by atoms with van der Waals surface area (Å²) in [6, 6.07) is 10.5. The normalized spacial score (nSPS) is 15.8. The molecule has 1 N–H and O–H groups in total. The monoisotopic (exact) mass is 316 g/mol. The van der Waals surface area contributed by atoms with Crippen LogP contribution < -0.4 is 10.2 Å². The molecule has 1 aromatic carbocycles. The van der Waals surface area contributed by atoms with Crippen LogP contribution in [0.5, 0.6) is 0 Å². The van der Waals surface area contributed by atoms with E-state index in [1.54, 1.807) is 0 Å². The van der Waals surface area contributed by atoms with Crippen molar-refractivity contribution in [3.05, 3.63) is 41.4 Å². The van der Waals surface area contributed by atoms with Gasteiger partial charge in [0.1, 0.15) is 0 Å². The number of hydrogen-bond donors (Lipinski definition) is 1. The Balaban J connectivity index is 1.51. The van der Waals surface area contributed by atoms with Gasteiger partial charge in [-0.1, -0.05) is 18.2 Å². The summed E-state index contributed by atoms with van der Waals surface area (Å²) in [4.78, 5) is 20.3. The maximum atomic E-state index is 11.0. The molecule has 1 aromatic heterocycles. The summed E-state index contributed by atoms with van der Waals surface area (Å²) in [6.07, 6.45) is 0. The number of carbonyl (C=O) groups excluding carboxylic acids is 1. The van der Waals surface area contributed by atoms with Crippen molar-refractivity contribution in [2.45, 2.75) is 13.5 Å². The average molecular weight is 316 g/mol. The van der Waals surface area contributed by atoms with Gasteiger partial charge in [-0.25, -0.2) is 4.98 Å². The first kappa shape index (κ1) is 15.0. The third-order valence-electron chi connectivity index (χ3n) is 3.71. The van der Waals surface area contributed by atoms with Gasteiger partial charge in [-0.2, -0.15) is 0 Å². The van der Waals surface area contributed by atoms with E-state index in [0.29, 0.717) is 5.13 Å². The summed E-state index contributed by atoms with van der Waals surface area (Å²) in [7, 11) is 0. The third kappa shape index (κ3) is 3.84. The summed E-state index contributed by atoms with van der Waals surface area (Å²) in [5.41, 5.74) is 2.32. The predicted octanol–water partition coefficient (Wildman–Crippen LogP) is 2.42. The van der Waals surface area contributed by atoms with Crippen molar-refractivity contribution >= 4 is 28.1 Å². The molecular formula is C16H20N4OS. The number of benzene rings is 1. The first-order valence-corrected chi connectivity index (χ1v) is 8.33. The Hall–Kier alpha value is -1.92. The second kappa shape index (κ2) is 6.89. The first-order chi connectivity index (χ1) is 10.7. The van der Waals surface area contributed by atoms with Gasteiger partial charge in [-0.3, -0.25) is 9.69 Å². The molecule has 1 aliphatic heterocycles. The lowest BCUT2D eigenvalue weighted by molar-refractivity contribution is -0.114. The fourth-order valence-electron chi connectivity index (χ4n) is 2.62. The van der Waals surface area contributed by atoms with Gasteiger partial charge in [0.25, 0.3) is 0 Å². The van der Waals surface area contributed by atoms with Crippen LogP contribution in [0.3, 0.4) is 0 Å². The Kier molecular flexibility index (Phi) is 4.70. The highest BCUT2D eigenvalue weighted by Crippen LogP contribution is 2.19. The molecule has 2 aromatic rings. The van der Waals surface area contributed by atoms with E-state index >= 15 is 0 Å². The Morgan fingerprint density at radius 3 is 2.64 bits per heavy atom.